The Bertz CT molecular complexity index is 1230. The van der Waals surface area contributed by atoms with Crippen molar-refractivity contribution in [3.8, 4) is 0 Å². The van der Waals surface area contributed by atoms with Crippen molar-refractivity contribution in [1.82, 2.24) is 4.98 Å². The molecule has 5 rings (SSSR count). The summed E-state index contributed by atoms with van der Waals surface area (Å²) < 4.78 is 5.89. The molecule has 0 saturated carbocycles. The molecule has 2 aromatic carbocycles. The fourth-order valence-electron chi connectivity index (χ4n) is 3.52. The lowest BCUT2D eigenvalue weighted by molar-refractivity contribution is 0.0971. The van der Waals surface area contributed by atoms with Gasteiger partial charge in [-0.3, -0.25) is 14.5 Å². The quantitative estimate of drug-likeness (QED) is 0.525. The van der Waals surface area contributed by atoms with Gasteiger partial charge in [-0.1, -0.05) is 42.0 Å². The van der Waals surface area contributed by atoms with E-state index >= 15 is 0 Å². The van der Waals surface area contributed by atoms with Gasteiger partial charge in [0.1, 0.15) is 5.58 Å². The lowest BCUT2D eigenvalue weighted by Crippen LogP contribution is -2.29. The molecule has 3 heterocycles. The van der Waals surface area contributed by atoms with Crippen LogP contribution in [0.4, 0.5) is 5.13 Å². The average molecular weight is 374 g/mol. The molecule has 1 amide bonds. The minimum absolute atomic E-state index is 0.0967. The van der Waals surface area contributed by atoms with E-state index in [0.29, 0.717) is 21.7 Å². The van der Waals surface area contributed by atoms with Crippen LogP contribution < -0.4 is 10.3 Å². The van der Waals surface area contributed by atoms with Crippen LogP contribution in [0, 0.1) is 6.92 Å². The van der Waals surface area contributed by atoms with Crippen molar-refractivity contribution in [2.45, 2.75) is 13.0 Å². The van der Waals surface area contributed by atoms with Crippen molar-refractivity contribution in [2.75, 3.05) is 4.90 Å². The molecule has 2 aromatic heterocycles. The molecule has 132 valence electrons. The van der Waals surface area contributed by atoms with Gasteiger partial charge >= 0.3 is 0 Å². The van der Waals surface area contributed by atoms with Crippen molar-refractivity contribution >= 4 is 33.3 Å². The number of para-hydroxylation sites is 1. The Kier molecular flexibility index (Phi) is 3.48. The van der Waals surface area contributed by atoms with E-state index in [1.54, 1.807) is 35.4 Å². The molecule has 0 saturated heterocycles. The third-order valence-corrected chi connectivity index (χ3v) is 5.57. The second kappa shape index (κ2) is 5.89. The van der Waals surface area contributed by atoms with Gasteiger partial charge < -0.3 is 4.42 Å². The number of carbonyl (C=O) groups is 1. The molecule has 0 radical (unpaired) electrons. The van der Waals surface area contributed by atoms with Crippen LogP contribution in [-0.4, -0.2) is 10.9 Å². The molecule has 27 heavy (non-hydrogen) atoms. The van der Waals surface area contributed by atoms with E-state index in [1.165, 1.54) is 11.3 Å². The molecule has 0 bridgehead atoms. The number of anilines is 1. The minimum atomic E-state index is -0.555. The summed E-state index contributed by atoms with van der Waals surface area (Å²) in [5.41, 5.74) is 2.57. The highest BCUT2D eigenvalue weighted by Gasteiger charge is 2.44. The van der Waals surface area contributed by atoms with E-state index in [4.69, 9.17) is 4.42 Å². The minimum Gasteiger partial charge on any atom is -0.450 e. The van der Waals surface area contributed by atoms with Crippen molar-refractivity contribution in [1.29, 1.82) is 0 Å². The molecule has 6 heteroatoms. The number of fused-ring (bicyclic) bond motifs is 2. The Hall–Kier alpha value is -3.25. The number of hydrogen-bond acceptors (Lipinski definition) is 5. The number of rotatable bonds is 2. The van der Waals surface area contributed by atoms with E-state index in [1.807, 2.05) is 36.6 Å². The number of carbonyl (C=O) groups excluding carboxylic acids is 1. The number of benzene rings is 2. The van der Waals surface area contributed by atoms with E-state index in [2.05, 4.69) is 4.98 Å². The van der Waals surface area contributed by atoms with Crippen molar-refractivity contribution in [3.05, 3.63) is 92.8 Å². The summed E-state index contributed by atoms with van der Waals surface area (Å²) in [6.07, 6.45) is 1.65. The van der Waals surface area contributed by atoms with Crippen LogP contribution in [0.2, 0.25) is 0 Å². The zero-order valence-corrected chi connectivity index (χ0v) is 15.2. The number of thiazole rings is 1. The summed E-state index contributed by atoms with van der Waals surface area (Å²) in [5.74, 6) is -0.243. The fourth-order valence-corrected chi connectivity index (χ4v) is 4.18. The Morgan fingerprint density at radius 3 is 2.59 bits per heavy atom. The number of amides is 1. The zero-order chi connectivity index (χ0) is 18.5. The molecule has 1 atom stereocenters. The summed E-state index contributed by atoms with van der Waals surface area (Å²) in [5, 5.41) is 2.83. The average Bonchev–Trinajstić information content (AvgIpc) is 3.30. The number of aryl methyl sites for hydroxylation is 1. The van der Waals surface area contributed by atoms with Gasteiger partial charge in [0.15, 0.2) is 10.6 Å². The van der Waals surface area contributed by atoms with Gasteiger partial charge in [-0.25, -0.2) is 4.98 Å². The predicted molar refractivity (Wildman–Crippen MR) is 104 cm³/mol. The topological polar surface area (TPSA) is 63.4 Å². The van der Waals surface area contributed by atoms with Crippen LogP contribution in [0.3, 0.4) is 0 Å². The Labute approximate surface area is 158 Å². The normalized spacial score (nSPS) is 16.1. The number of hydrogen-bond donors (Lipinski definition) is 0. The third-order valence-electron chi connectivity index (χ3n) is 4.80. The smallest absolute Gasteiger partial charge is 0.297 e. The van der Waals surface area contributed by atoms with Crippen LogP contribution >= 0.6 is 11.3 Å². The van der Waals surface area contributed by atoms with Crippen molar-refractivity contribution in [3.63, 3.8) is 0 Å². The van der Waals surface area contributed by atoms with Gasteiger partial charge in [0, 0.05) is 11.6 Å². The molecule has 5 nitrogen and oxygen atoms in total. The first kappa shape index (κ1) is 16.0. The number of nitrogens with zero attached hydrogens (tertiary/aromatic N) is 2. The van der Waals surface area contributed by atoms with Gasteiger partial charge in [0.05, 0.1) is 17.0 Å². The lowest BCUT2D eigenvalue weighted by atomic mass is 9.98. The molecular formula is C21H14N2O3S. The first-order valence-corrected chi connectivity index (χ1v) is 9.38. The van der Waals surface area contributed by atoms with Crippen molar-refractivity contribution in [2.24, 2.45) is 0 Å². The summed E-state index contributed by atoms with van der Waals surface area (Å²) in [4.78, 5) is 32.3. The highest BCUT2D eigenvalue weighted by Crippen LogP contribution is 2.41. The molecule has 0 aliphatic carbocycles. The zero-order valence-electron chi connectivity index (χ0n) is 14.4. The number of aromatic nitrogens is 1. The van der Waals surface area contributed by atoms with Crippen LogP contribution in [0.15, 0.2) is 69.3 Å². The highest BCUT2D eigenvalue weighted by atomic mass is 32.1. The van der Waals surface area contributed by atoms with Crippen molar-refractivity contribution < 1.29 is 9.21 Å². The van der Waals surface area contributed by atoms with E-state index in [0.717, 1.165) is 11.1 Å². The maximum atomic E-state index is 13.3. The third kappa shape index (κ3) is 2.34. The van der Waals surface area contributed by atoms with Crippen LogP contribution in [0.25, 0.3) is 11.0 Å². The van der Waals surface area contributed by atoms with E-state index in [9.17, 15) is 9.59 Å². The largest absolute Gasteiger partial charge is 0.450 e. The molecule has 1 aliphatic rings. The van der Waals surface area contributed by atoms with E-state index < -0.39 is 6.04 Å². The van der Waals surface area contributed by atoms with Gasteiger partial charge in [0.25, 0.3) is 5.91 Å². The highest BCUT2D eigenvalue weighted by molar-refractivity contribution is 7.13. The summed E-state index contributed by atoms with van der Waals surface area (Å²) in [6, 6.07) is 14.3. The monoisotopic (exact) mass is 374 g/mol. The Balaban J connectivity index is 1.83. The van der Waals surface area contributed by atoms with Crippen LogP contribution in [0.5, 0.6) is 0 Å². The van der Waals surface area contributed by atoms with Gasteiger partial charge in [-0.05, 0) is 24.6 Å². The molecule has 0 fully saturated rings. The molecule has 0 unspecified atom stereocenters. The first-order valence-electron chi connectivity index (χ1n) is 8.50. The SMILES string of the molecule is Cc1ccc([C@@H]2c3c(oc4ccccc4c3=O)C(=O)N2c2nccs2)cc1. The maximum Gasteiger partial charge on any atom is 0.297 e. The fraction of sp³-hybridized carbons (Fsp3) is 0.0952. The van der Waals surface area contributed by atoms with Gasteiger partial charge in [-0.15, -0.1) is 11.3 Å². The summed E-state index contributed by atoms with van der Waals surface area (Å²) in [6.45, 7) is 2.00. The van der Waals surface area contributed by atoms with Gasteiger partial charge in [-0.2, -0.15) is 0 Å². The summed E-state index contributed by atoms with van der Waals surface area (Å²) >= 11 is 1.36. The maximum absolute atomic E-state index is 13.3. The molecule has 0 N–H and O–H groups in total. The molecule has 0 spiro atoms. The molecule has 4 aromatic rings. The Morgan fingerprint density at radius 1 is 1.07 bits per heavy atom. The first-order chi connectivity index (χ1) is 13.1. The second-order valence-electron chi connectivity index (χ2n) is 6.47. The Morgan fingerprint density at radius 2 is 1.85 bits per heavy atom. The second-order valence-corrected chi connectivity index (χ2v) is 7.35. The lowest BCUT2D eigenvalue weighted by Gasteiger charge is -2.22. The van der Waals surface area contributed by atoms with Gasteiger partial charge in [0.2, 0.25) is 5.76 Å². The van der Waals surface area contributed by atoms with Crippen LogP contribution in [-0.2, 0) is 0 Å². The standard InChI is InChI=1S/C21H14N2O3S/c1-12-6-8-13(9-7-12)17-16-18(24)14-4-2-3-5-15(14)26-19(16)20(25)23(17)21-22-10-11-27-21/h2-11,17H,1H3/t17-/m1/s1. The molecule has 1 aliphatic heterocycles. The van der Waals surface area contributed by atoms with Crippen LogP contribution in [0.1, 0.15) is 33.3 Å². The van der Waals surface area contributed by atoms with E-state index in [-0.39, 0.29) is 17.1 Å². The predicted octanol–water partition coefficient (Wildman–Crippen LogP) is 4.31. The molecular weight excluding hydrogens is 360 g/mol. The summed E-state index contributed by atoms with van der Waals surface area (Å²) in [7, 11) is 0.